The summed E-state index contributed by atoms with van der Waals surface area (Å²) in [6.45, 7) is 0. The van der Waals surface area contributed by atoms with Crippen molar-refractivity contribution in [2.45, 2.75) is 0 Å². The van der Waals surface area contributed by atoms with Crippen LogP contribution in [-0.4, -0.2) is 11.2 Å². The average molecular weight is 173 g/mol. The molecule has 0 saturated carbocycles. The fourth-order valence-electron chi connectivity index (χ4n) is 0.724. The summed E-state index contributed by atoms with van der Waals surface area (Å²) >= 11 is 0. The molecule has 1 rings (SSSR count). The van der Waals surface area contributed by atoms with Crippen LogP contribution in [-0.2, 0) is 0 Å². The maximum atomic E-state index is 12.6. The highest BCUT2D eigenvalue weighted by atomic mass is 19.1. The molecule has 0 aromatic heterocycles. The number of nitrogens with one attached hydrogen (secondary N) is 1. The highest BCUT2D eigenvalue weighted by molar-refractivity contribution is 5.83. The Hall–Kier alpha value is -1.65. The first-order valence-electron chi connectivity index (χ1n) is 3.05. The molecule has 3 nitrogen and oxygen atoms in total. The number of hydrogen-bond acceptors (Lipinski definition) is 1. The summed E-state index contributed by atoms with van der Waals surface area (Å²) in [5, 5.41) is 9.78. The van der Waals surface area contributed by atoms with E-state index in [1.165, 1.54) is 0 Å². The SMILES string of the molecule is O=C(O)Nc1c(F)cccc1F. The van der Waals surface area contributed by atoms with Gasteiger partial charge in [-0.15, -0.1) is 0 Å². The molecule has 0 aliphatic rings. The van der Waals surface area contributed by atoms with Crippen molar-refractivity contribution in [3.8, 4) is 0 Å². The Labute approximate surface area is 66.6 Å². The van der Waals surface area contributed by atoms with Crippen molar-refractivity contribution in [3.63, 3.8) is 0 Å². The molecule has 64 valence electrons. The van der Waals surface area contributed by atoms with Crippen molar-refractivity contribution >= 4 is 11.8 Å². The molecule has 5 heteroatoms. The number of carboxylic acid groups (broad SMARTS) is 1. The molecule has 0 heterocycles. The molecule has 2 N–H and O–H groups in total. The summed E-state index contributed by atoms with van der Waals surface area (Å²) in [6, 6.07) is 3.08. The van der Waals surface area contributed by atoms with Crippen LogP contribution in [0, 0.1) is 11.6 Å². The summed E-state index contributed by atoms with van der Waals surface area (Å²) in [4.78, 5) is 10.0. The first-order valence-corrected chi connectivity index (χ1v) is 3.05. The van der Waals surface area contributed by atoms with Crippen LogP contribution in [0.25, 0.3) is 0 Å². The largest absolute Gasteiger partial charge is 0.465 e. The van der Waals surface area contributed by atoms with Crippen LogP contribution in [0.4, 0.5) is 19.3 Å². The number of rotatable bonds is 1. The molecule has 0 radical (unpaired) electrons. The van der Waals surface area contributed by atoms with Crippen LogP contribution in [0.3, 0.4) is 0 Å². The van der Waals surface area contributed by atoms with E-state index in [4.69, 9.17) is 5.11 Å². The van der Waals surface area contributed by atoms with Gasteiger partial charge < -0.3 is 5.11 Å². The van der Waals surface area contributed by atoms with Gasteiger partial charge in [-0.05, 0) is 12.1 Å². The monoisotopic (exact) mass is 173 g/mol. The van der Waals surface area contributed by atoms with Crippen molar-refractivity contribution < 1.29 is 18.7 Å². The highest BCUT2D eigenvalue weighted by Gasteiger charge is 2.09. The standard InChI is InChI=1S/C7H5F2NO2/c8-4-2-1-3-5(9)6(4)10-7(11)12/h1-3,10H,(H,11,12). The molecular formula is C7H5F2NO2. The number of benzene rings is 1. The minimum absolute atomic E-state index is 0.648. The lowest BCUT2D eigenvalue weighted by Gasteiger charge is -2.02. The predicted molar refractivity (Wildman–Crippen MR) is 38.0 cm³/mol. The molecule has 0 unspecified atom stereocenters. The van der Waals surface area contributed by atoms with Gasteiger partial charge >= 0.3 is 6.09 Å². The van der Waals surface area contributed by atoms with Gasteiger partial charge in [0.2, 0.25) is 0 Å². The van der Waals surface area contributed by atoms with E-state index in [9.17, 15) is 13.6 Å². The lowest BCUT2D eigenvalue weighted by atomic mass is 10.3. The molecule has 0 saturated heterocycles. The third-order valence-corrected chi connectivity index (χ3v) is 1.19. The van der Waals surface area contributed by atoms with Crippen LogP contribution in [0.2, 0.25) is 0 Å². The number of amides is 1. The summed E-state index contributed by atoms with van der Waals surface area (Å²) in [6.07, 6.45) is -1.50. The second kappa shape index (κ2) is 3.17. The van der Waals surface area contributed by atoms with Gasteiger partial charge in [-0.3, -0.25) is 5.32 Å². The maximum absolute atomic E-state index is 12.6. The Kier molecular flexibility index (Phi) is 2.23. The van der Waals surface area contributed by atoms with Crippen LogP contribution in [0.1, 0.15) is 0 Å². The Bertz CT molecular complexity index is 294. The van der Waals surface area contributed by atoms with Crippen molar-refractivity contribution in [1.82, 2.24) is 0 Å². The van der Waals surface area contributed by atoms with Gasteiger partial charge in [-0.25, -0.2) is 13.6 Å². The summed E-state index contributed by atoms with van der Waals surface area (Å²) in [5.74, 6) is -1.87. The van der Waals surface area contributed by atoms with E-state index < -0.39 is 23.4 Å². The molecule has 1 aromatic rings. The lowest BCUT2D eigenvalue weighted by Crippen LogP contribution is -2.10. The molecular weight excluding hydrogens is 168 g/mol. The predicted octanol–water partition coefficient (Wildman–Crippen LogP) is 2.05. The zero-order valence-electron chi connectivity index (χ0n) is 5.84. The van der Waals surface area contributed by atoms with Gasteiger partial charge in [-0.1, -0.05) is 6.07 Å². The van der Waals surface area contributed by atoms with E-state index >= 15 is 0 Å². The number of anilines is 1. The van der Waals surface area contributed by atoms with Crippen molar-refractivity contribution in [2.75, 3.05) is 5.32 Å². The Morgan fingerprint density at radius 1 is 1.33 bits per heavy atom. The zero-order valence-corrected chi connectivity index (χ0v) is 5.84. The van der Waals surface area contributed by atoms with Gasteiger partial charge in [0, 0.05) is 0 Å². The maximum Gasteiger partial charge on any atom is 0.409 e. The Balaban J connectivity index is 3.04. The number of hydrogen-bond donors (Lipinski definition) is 2. The average Bonchev–Trinajstić information content (AvgIpc) is 1.97. The van der Waals surface area contributed by atoms with E-state index in [1.807, 2.05) is 0 Å². The fraction of sp³-hybridized carbons (Fsp3) is 0. The van der Waals surface area contributed by atoms with Crippen molar-refractivity contribution in [3.05, 3.63) is 29.8 Å². The first-order chi connectivity index (χ1) is 5.61. The molecule has 0 atom stereocenters. The van der Waals surface area contributed by atoms with Gasteiger partial charge in [0.15, 0.2) is 0 Å². The second-order valence-corrected chi connectivity index (χ2v) is 2.03. The molecule has 1 aromatic carbocycles. The van der Waals surface area contributed by atoms with Crippen LogP contribution < -0.4 is 5.32 Å². The number of para-hydroxylation sites is 1. The number of halogens is 2. The lowest BCUT2D eigenvalue weighted by molar-refractivity contribution is 0.209. The third-order valence-electron chi connectivity index (χ3n) is 1.19. The topological polar surface area (TPSA) is 49.3 Å². The summed E-state index contributed by atoms with van der Waals surface area (Å²) < 4.78 is 25.3. The molecule has 0 spiro atoms. The highest BCUT2D eigenvalue weighted by Crippen LogP contribution is 2.17. The van der Waals surface area contributed by atoms with E-state index in [0.29, 0.717) is 0 Å². The molecule has 0 aliphatic heterocycles. The summed E-state index contributed by atoms with van der Waals surface area (Å²) in [7, 11) is 0. The van der Waals surface area contributed by atoms with Gasteiger partial charge in [-0.2, -0.15) is 0 Å². The zero-order chi connectivity index (χ0) is 9.14. The minimum atomic E-state index is -1.50. The van der Waals surface area contributed by atoms with Crippen molar-refractivity contribution in [1.29, 1.82) is 0 Å². The van der Waals surface area contributed by atoms with E-state index in [2.05, 4.69) is 0 Å². The van der Waals surface area contributed by atoms with E-state index in [1.54, 1.807) is 5.32 Å². The van der Waals surface area contributed by atoms with Gasteiger partial charge in [0.25, 0.3) is 0 Å². The molecule has 0 aliphatic carbocycles. The Morgan fingerprint density at radius 3 is 2.25 bits per heavy atom. The molecule has 0 bridgehead atoms. The summed E-state index contributed by atoms with van der Waals surface area (Å²) in [5.41, 5.74) is -0.648. The smallest absolute Gasteiger partial charge is 0.409 e. The quantitative estimate of drug-likeness (QED) is 0.682. The van der Waals surface area contributed by atoms with Gasteiger partial charge in [0.1, 0.15) is 17.3 Å². The van der Waals surface area contributed by atoms with Crippen LogP contribution in [0.15, 0.2) is 18.2 Å². The molecule has 1 amide bonds. The molecule has 0 fully saturated rings. The van der Waals surface area contributed by atoms with E-state index in [0.717, 1.165) is 18.2 Å². The van der Waals surface area contributed by atoms with Crippen molar-refractivity contribution in [2.24, 2.45) is 0 Å². The second-order valence-electron chi connectivity index (χ2n) is 2.03. The van der Waals surface area contributed by atoms with Crippen LogP contribution >= 0.6 is 0 Å². The first kappa shape index (κ1) is 8.45. The minimum Gasteiger partial charge on any atom is -0.465 e. The van der Waals surface area contributed by atoms with Gasteiger partial charge in [0.05, 0.1) is 0 Å². The normalized spacial score (nSPS) is 9.50. The van der Waals surface area contributed by atoms with Crippen LogP contribution in [0.5, 0.6) is 0 Å². The Morgan fingerprint density at radius 2 is 1.83 bits per heavy atom. The fourth-order valence-corrected chi connectivity index (χ4v) is 0.724. The van der Waals surface area contributed by atoms with E-state index in [-0.39, 0.29) is 0 Å². The third kappa shape index (κ3) is 1.69. The number of carbonyl (C=O) groups is 1. The molecule has 12 heavy (non-hydrogen) atoms.